The van der Waals surface area contributed by atoms with Crippen LogP contribution in [0.1, 0.15) is 32.6 Å². The molecule has 11 nitrogen and oxygen atoms in total. The Morgan fingerprint density at radius 1 is 1.35 bits per heavy atom. The van der Waals surface area contributed by atoms with E-state index in [4.69, 9.17) is 29.4 Å². The summed E-state index contributed by atoms with van der Waals surface area (Å²) in [6, 6.07) is 0. The number of aromatic nitrogens is 3. The molecule has 0 amide bonds. The SMILES string of the molecule is COC(=O)[C@@H]1[C@@H](I)[C@@H](COC2(C)OC(=O)C(C)(C)O2)O[C@H]1c1cnc2c(N)nccn12. The van der Waals surface area contributed by atoms with Crippen molar-refractivity contribution in [1.29, 1.82) is 0 Å². The topological polar surface area (TPSA) is 136 Å². The number of hydrogen-bond acceptors (Lipinski definition) is 10. The van der Waals surface area contributed by atoms with Gasteiger partial charge in [0.25, 0.3) is 0 Å². The van der Waals surface area contributed by atoms with Crippen LogP contribution in [-0.4, -0.2) is 61.6 Å². The fourth-order valence-electron chi connectivity index (χ4n) is 3.80. The van der Waals surface area contributed by atoms with E-state index in [1.807, 2.05) is 0 Å². The van der Waals surface area contributed by atoms with Crippen LogP contribution in [0, 0.1) is 5.92 Å². The summed E-state index contributed by atoms with van der Waals surface area (Å²) in [4.78, 5) is 32.9. The van der Waals surface area contributed by atoms with Crippen molar-refractivity contribution in [2.75, 3.05) is 19.5 Å². The fraction of sp³-hybridized carbons (Fsp3) is 0.579. The average Bonchev–Trinajstić information content (AvgIpc) is 3.33. The maximum Gasteiger partial charge on any atom is 0.342 e. The van der Waals surface area contributed by atoms with Crippen molar-refractivity contribution >= 4 is 46.0 Å². The average molecular weight is 546 g/mol. The van der Waals surface area contributed by atoms with E-state index in [2.05, 4.69) is 32.6 Å². The Morgan fingerprint density at radius 2 is 2.10 bits per heavy atom. The van der Waals surface area contributed by atoms with Gasteiger partial charge >= 0.3 is 17.9 Å². The van der Waals surface area contributed by atoms with Gasteiger partial charge in [0.15, 0.2) is 17.1 Å². The Balaban J connectivity index is 1.58. The number of fused-ring (bicyclic) bond motifs is 1. The van der Waals surface area contributed by atoms with Gasteiger partial charge in [-0.2, -0.15) is 0 Å². The van der Waals surface area contributed by atoms with Crippen molar-refractivity contribution in [2.24, 2.45) is 5.92 Å². The molecule has 12 heteroatoms. The molecule has 2 aliphatic rings. The first kappa shape index (κ1) is 22.2. The zero-order valence-corrected chi connectivity index (χ0v) is 19.6. The Labute approximate surface area is 191 Å². The lowest BCUT2D eigenvalue weighted by Crippen LogP contribution is -2.38. The van der Waals surface area contributed by atoms with E-state index in [1.165, 1.54) is 14.0 Å². The molecule has 0 spiro atoms. The molecule has 31 heavy (non-hydrogen) atoms. The standard InChI is InChI=1S/C19H23IN4O7/c1-18(2)17(26)30-19(3,31-18)28-8-10-12(20)11(16(25)27-4)13(29-10)9-7-23-15-14(21)22-5-6-24(9)15/h5-7,10-13H,8H2,1-4H3,(H2,21,22)/t10-,11-,12+,13+,19?/m1/s1. The lowest BCUT2D eigenvalue weighted by molar-refractivity contribution is -0.334. The number of nitrogens with two attached hydrogens (primary N) is 1. The van der Waals surface area contributed by atoms with Crippen molar-refractivity contribution in [3.05, 3.63) is 24.3 Å². The zero-order chi connectivity index (χ0) is 22.6. The van der Waals surface area contributed by atoms with E-state index in [0.29, 0.717) is 11.3 Å². The van der Waals surface area contributed by atoms with Crippen molar-refractivity contribution in [2.45, 2.75) is 48.5 Å². The molecule has 0 aliphatic carbocycles. The Morgan fingerprint density at radius 3 is 2.74 bits per heavy atom. The Hall–Kier alpha value is -2.03. The molecule has 0 saturated carbocycles. The van der Waals surface area contributed by atoms with Crippen LogP contribution >= 0.6 is 22.6 Å². The van der Waals surface area contributed by atoms with Gasteiger partial charge in [0.1, 0.15) is 12.0 Å². The smallest absolute Gasteiger partial charge is 0.342 e. The van der Waals surface area contributed by atoms with Gasteiger partial charge in [0.2, 0.25) is 0 Å². The predicted molar refractivity (Wildman–Crippen MR) is 114 cm³/mol. The van der Waals surface area contributed by atoms with E-state index in [0.717, 1.165) is 0 Å². The molecule has 2 N–H and O–H groups in total. The van der Waals surface area contributed by atoms with Crippen LogP contribution in [0.3, 0.4) is 0 Å². The van der Waals surface area contributed by atoms with Crippen LogP contribution in [0.25, 0.3) is 5.65 Å². The van der Waals surface area contributed by atoms with Crippen LogP contribution in [0.2, 0.25) is 0 Å². The first-order valence-electron chi connectivity index (χ1n) is 9.58. The van der Waals surface area contributed by atoms with Crippen LogP contribution in [-0.2, 0) is 33.3 Å². The quantitative estimate of drug-likeness (QED) is 0.333. The number of alkyl halides is 1. The largest absolute Gasteiger partial charge is 0.469 e. The predicted octanol–water partition coefficient (Wildman–Crippen LogP) is 1.39. The Kier molecular flexibility index (Phi) is 5.60. The highest BCUT2D eigenvalue weighted by atomic mass is 127. The van der Waals surface area contributed by atoms with Gasteiger partial charge in [-0.25, -0.2) is 14.8 Å². The number of esters is 2. The van der Waals surface area contributed by atoms with Crippen molar-refractivity contribution in [1.82, 2.24) is 14.4 Å². The number of imidazole rings is 1. The molecular formula is C19H23IN4O7. The summed E-state index contributed by atoms with van der Waals surface area (Å²) in [6.45, 7) is 4.75. The molecule has 0 bridgehead atoms. The second-order valence-corrected chi connectivity index (χ2v) is 9.39. The number of halogens is 1. The molecule has 2 saturated heterocycles. The van der Waals surface area contributed by atoms with Crippen LogP contribution in [0.5, 0.6) is 0 Å². The second kappa shape index (κ2) is 7.83. The molecule has 2 fully saturated rings. The van der Waals surface area contributed by atoms with Gasteiger partial charge in [-0.1, -0.05) is 22.6 Å². The Bertz CT molecular complexity index is 1030. The number of ether oxygens (including phenoxy) is 5. The van der Waals surface area contributed by atoms with Crippen molar-refractivity contribution in [3.63, 3.8) is 0 Å². The van der Waals surface area contributed by atoms with Gasteiger partial charge in [0.05, 0.1) is 35.6 Å². The maximum absolute atomic E-state index is 12.6. The molecule has 0 aromatic carbocycles. The third kappa shape index (κ3) is 3.85. The minimum Gasteiger partial charge on any atom is -0.469 e. The number of methoxy groups -OCH3 is 1. The molecule has 5 atom stereocenters. The lowest BCUT2D eigenvalue weighted by Gasteiger charge is -2.25. The number of cyclic esters (lactones) is 1. The second-order valence-electron chi connectivity index (χ2n) is 7.95. The van der Waals surface area contributed by atoms with Crippen LogP contribution in [0.15, 0.2) is 18.6 Å². The van der Waals surface area contributed by atoms with Gasteiger partial charge in [-0.3, -0.25) is 13.9 Å². The highest BCUT2D eigenvalue weighted by Gasteiger charge is 2.54. The minimum absolute atomic E-state index is 0.0257. The summed E-state index contributed by atoms with van der Waals surface area (Å²) in [5.41, 5.74) is 5.90. The zero-order valence-electron chi connectivity index (χ0n) is 17.4. The van der Waals surface area contributed by atoms with E-state index in [9.17, 15) is 9.59 Å². The first-order chi connectivity index (χ1) is 14.6. The van der Waals surface area contributed by atoms with Gasteiger partial charge in [0, 0.05) is 19.3 Å². The summed E-state index contributed by atoms with van der Waals surface area (Å²) in [5.74, 6) is -2.83. The number of nitrogen functional groups attached to an aromatic ring is 1. The van der Waals surface area contributed by atoms with Gasteiger partial charge in [-0.15, -0.1) is 0 Å². The minimum atomic E-state index is -1.54. The molecule has 1 unspecified atom stereocenters. The lowest BCUT2D eigenvalue weighted by atomic mass is 9.97. The molecule has 168 valence electrons. The van der Waals surface area contributed by atoms with Crippen molar-refractivity contribution in [3.8, 4) is 0 Å². The molecule has 2 aliphatic heterocycles. The summed E-state index contributed by atoms with van der Waals surface area (Å²) >= 11 is 2.15. The third-order valence-corrected chi connectivity index (χ3v) is 6.89. The highest BCUT2D eigenvalue weighted by Crippen LogP contribution is 2.44. The number of carbonyl (C=O) groups is 2. The number of nitrogens with zero attached hydrogens (tertiary/aromatic N) is 3. The van der Waals surface area contributed by atoms with Gasteiger partial charge < -0.3 is 24.7 Å². The maximum atomic E-state index is 12.6. The van der Waals surface area contributed by atoms with Gasteiger partial charge in [-0.05, 0) is 13.8 Å². The summed E-state index contributed by atoms with van der Waals surface area (Å²) in [7, 11) is 1.33. The van der Waals surface area contributed by atoms with E-state index >= 15 is 0 Å². The number of anilines is 1. The molecule has 2 aromatic heterocycles. The highest BCUT2D eigenvalue weighted by molar-refractivity contribution is 14.1. The summed E-state index contributed by atoms with van der Waals surface area (Å²) < 4.78 is 29.4. The molecule has 0 radical (unpaired) electrons. The van der Waals surface area contributed by atoms with Crippen molar-refractivity contribution < 1.29 is 33.3 Å². The number of hydrogen-bond donors (Lipinski definition) is 1. The first-order valence-corrected chi connectivity index (χ1v) is 10.8. The molecule has 4 heterocycles. The monoisotopic (exact) mass is 546 g/mol. The van der Waals surface area contributed by atoms with E-state index in [1.54, 1.807) is 36.8 Å². The fourth-order valence-corrected chi connectivity index (χ4v) is 4.85. The third-order valence-electron chi connectivity index (χ3n) is 5.31. The van der Waals surface area contributed by atoms with Crippen LogP contribution < -0.4 is 5.73 Å². The molecular weight excluding hydrogens is 523 g/mol. The summed E-state index contributed by atoms with van der Waals surface area (Å²) in [5, 5.41) is 0. The van der Waals surface area contributed by atoms with E-state index < -0.39 is 41.6 Å². The number of carbonyl (C=O) groups excluding carboxylic acids is 2. The van der Waals surface area contributed by atoms with Crippen LogP contribution in [0.4, 0.5) is 5.82 Å². The molecule has 2 aromatic rings. The molecule has 4 rings (SSSR count). The normalized spacial score (nSPS) is 32.4. The summed E-state index contributed by atoms with van der Waals surface area (Å²) in [6.07, 6.45) is 3.68. The van der Waals surface area contributed by atoms with E-state index in [-0.39, 0.29) is 16.3 Å². The number of rotatable bonds is 5.